The van der Waals surface area contributed by atoms with Crippen molar-refractivity contribution in [3.05, 3.63) is 10.4 Å². The van der Waals surface area contributed by atoms with Gasteiger partial charge in [-0.05, 0) is 57.6 Å². The smallest absolute Gasteiger partial charge is 0.187 e. The second-order valence-electron chi connectivity index (χ2n) is 9.96. The highest BCUT2D eigenvalue weighted by molar-refractivity contribution is 4.95. The van der Waals surface area contributed by atoms with Crippen LogP contribution < -0.4 is 16.4 Å². The van der Waals surface area contributed by atoms with Crippen molar-refractivity contribution in [3.8, 4) is 0 Å². The van der Waals surface area contributed by atoms with Gasteiger partial charge in [0.05, 0.1) is 25.8 Å². The molecule has 1 unspecified atom stereocenters. The molecular formula is C23H47N6O11-. The average molecular weight is 584 g/mol. The quantitative estimate of drug-likeness (QED) is 0.0335. The molecule has 0 aromatic heterocycles. The van der Waals surface area contributed by atoms with Crippen LogP contribution in [0.3, 0.4) is 0 Å². The Morgan fingerprint density at radius 1 is 0.925 bits per heavy atom. The van der Waals surface area contributed by atoms with Crippen LogP contribution >= 0.6 is 0 Å². The van der Waals surface area contributed by atoms with Crippen LogP contribution in [0.25, 0.3) is 0 Å². The average Bonchev–Trinajstić information content (AvgIpc) is 2.95. The van der Waals surface area contributed by atoms with Crippen LogP contribution in [0.4, 0.5) is 0 Å². The molecule has 2 rings (SSSR count). The van der Waals surface area contributed by atoms with Gasteiger partial charge in [0.25, 0.3) is 0 Å². The number of hydrazine groups is 1. The van der Waals surface area contributed by atoms with E-state index in [1.54, 1.807) is 6.92 Å². The monoisotopic (exact) mass is 583 g/mol. The number of methoxy groups -OCH3 is 1. The van der Waals surface area contributed by atoms with E-state index >= 15 is 0 Å². The maximum Gasteiger partial charge on any atom is 0.187 e. The normalized spacial score (nSPS) is 35.1. The van der Waals surface area contributed by atoms with Crippen molar-refractivity contribution in [2.45, 2.75) is 87.4 Å². The molecule has 0 aliphatic carbocycles. The maximum absolute atomic E-state index is 11.8. The molecule has 2 aliphatic rings. The molecule has 0 spiro atoms. The van der Waals surface area contributed by atoms with Gasteiger partial charge in [0, 0.05) is 18.6 Å². The first-order valence-corrected chi connectivity index (χ1v) is 13.7. The summed E-state index contributed by atoms with van der Waals surface area (Å²) in [5.41, 5.74) is 5.45. The summed E-state index contributed by atoms with van der Waals surface area (Å²) in [5.74, 6) is 0. The number of nitrogens with two attached hydrogens (primary N) is 1. The fourth-order valence-corrected chi connectivity index (χ4v) is 4.77. The minimum atomic E-state index is -1.55. The number of ether oxygens (including phenoxy) is 4. The lowest BCUT2D eigenvalue weighted by atomic mass is 9.95. The van der Waals surface area contributed by atoms with E-state index in [0.717, 1.165) is 13.0 Å². The molecule has 2 aliphatic heterocycles. The Hall–Kier alpha value is -1.48. The van der Waals surface area contributed by atoms with Gasteiger partial charge in [-0.15, -0.1) is 5.01 Å². The zero-order chi connectivity index (χ0) is 29.7. The summed E-state index contributed by atoms with van der Waals surface area (Å²) in [5, 5.41) is 84.2. The van der Waals surface area contributed by atoms with E-state index in [1.165, 1.54) is 12.1 Å². The van der Waals surface area contributed by atoms with E-state index in [0.29, 0.717) is 39.0 Å². The largest absolute Gasteiger partial charge is 0.737 e. The van der Waals surface area contributed by atoms with Crippen LogP contribution in [-0.2, 0) is 18.9 Å². The lowest BCUT2D eigenvalue weighted by molar-refractivity contribution is -0.690. The van der Waals surface area contributed by atoms with E-state index in [2.05, 4.69) is 15.9 Å². The van der Waals surface area contributed by atoms with Gasteiger partial charge in [-0.2, -0.15) is 0 Å². The minimum Gasteiger partial charge on any atom is -0.737 e. The molecule has 10 atom stereocenters. The molecule has 0 aromatic carbocycles. The Morgan fingerprint density at radius 2 is 1.55 bits per heavy atom. The third kappa shape index (κ3) is 9.81. The second kappa shape index (κ2) is 18.1. The van der Waals surface area contributed by atoms with Crippen molar-refractivity contribution in [2.75, 3.05) is 59.5 Å². The van der Waals surface area contributed by atoms with Gasteiger partial charge in [0.15, 0.2) is 6.29 Å². The summed E-state index contributed by atoms with van der Waals surface area (Å²) >= 11 is 0. The molecule has 0 saturated carbocycles. The zero-order valence-electron chi connectivity index (χ0n) is 23.2. The first-order valence-electron chi connectivity index (χ1n) is 13.7. The van der Waals surface area contributed by atoms with Crippen molar-refractivity contribution in [1.29, 1.82) is 0 Å². The predicted molar refractivity (Wildman–Crippen MR) is 139 cm³/mol. The summed E-state index contributed by atoms with van der Waals surface area (Å²) in [6, 6.07) is 0. The Kier molecular flexibility index (Phi) is 15.7. The van der Waals surface area contributed by atoms with Crippen molar-refractivity contribution >= 4 is 0 Å². The molecule has 0 bridgehead atoms. The number of aliphatic hydroxyl groups excluding tert-OH is 5. The van der Waals surface area contributed by atoms with Gasteiger partial charge in [-0.3, -0.25) is 0 Å². The number of aliphatic hydroxyl groups is 5. The number of rotatable bonds is 18. The second-order valence-corrected chi connectivity index (χ2v) is 9.96. The lowest BCUT2D eigenvalue weighted by Gasteiger charge is -2.46. The highest BCUT2D eigenvalue weighted by atomic mass is 16.7. The topological polar surface area (TPSA) is 253 Å². The summed E-state index contributed by atoms with van der Waals surface area (Å²) in [4.78, 5) is 0.0332. The van der Waals surface area contributed by atoms with Crippen LogP contribution in [0.1, 0.15) is 26.2 Å². The van der Waals surface area contributed by atoms with Gasteiger partial charge in [0.1, 0.15) is 48.8 Å². The van der Waals surface area contributed by atoms with Crippen molar-refractivity contribution in [1.82, 2.24) is 15.6 Å². The van der Waals surface area contributed by atoms with Crippen LogP contribution in [-0.4, -0.2) is 156 Å². The number of hydrogen-bond donors (Lipinski definition) is 8. The van der Waals surface area contributed by atoms with Crippen LogP contribution in [0, 0.1) is 10.4 Å². The van der Waals surface area contributed by atoms with E-state index in [1.807, 2.05) is 0 Å². The van der Waals surface area contributed by atoms with E-state index in [4.69, 9.17) is 24.7 Å². The fourth-order valence-electron chi connectivity index (χ4n) is 4.77. The van der Waals surface area contributed by atoms with Gasteiger partial charge in [-0.25, -0.2) is 0 Å². The number of hydrogen-bond acceptors (Lipinski definition) is 15. The standard InChI is InChI=1S/C23H48N6O11/c1-14-17(31)18(32)22(16(13-30)38-14)40-23-20(34)19(33)21(37-2)15(39-23)12-26-9-5-11-28(29(36)27-35)10-4-8-25-7-3-6-24/h14-23,25-26,30-35H,3-13,24H2,1-2H3/p-1/b29-27-/t14-,15-,16-,17+,18-,19-,20-,21-,22?,23-/m1/s1. The van der Waals surface area contributed by atoms with Gasteiger partial charge >= 0.3 is 0 Å². The minimum absolute atomic E-state index is 0.0332. The zero-order valence-corrected chi connectivity index (χ0v) is 23.2. The summed E-state index contributed by atoms with van der Waals surface area (Å²) in [7, 11) is 1.36. The number of nitrogens with one attached hydrogen (secondary N) is 2. The molecule has 0 amide bonds. The van der Waals surface area contributed by atoms with Crippen molar-refractivity contribution in [3.63, 3.8) is 0 Å². The summed E-state index contributed by atoms with van der Waals surface area (Å²) < 4.78 is 22.4. The molecular weight excluding hydrogens is 536 g/mol. The first kappa shape index (κ1) is 34.7. The maximum atomic E-state index is 11.8. The van der Waals surface area contributed by atoms with Crippen molar-refractivity contribution in [2.24, 2.45) is 11.0 Å². The Bertz CT molecular complexity index is 727. The van der Waals surface area contributed by atoms with Crippen molar-refractivity contribution < 1.29 is 49.4 Å². The molecule has 17 heteroatoms. The molecule has 0 aromatic rings. The molecule has 0 radical (unpaired) electrons. The summed E-state index contributed by atoms with van der Waals surface area (Å²) in [6.45, 7) is 4.22. The van der Waals surface area contributed by atoms with Crippen LogP contribution in [0.2, 0.25) is 0 Å². The molecule has 2 saturated heterocycles. The highest BCUT2D eigenvalue weighted by Gasteiger charge is 2.50. The molecule has 40 heavy (non-hydrogen) atoms. The molecule has 9 N–H and O–H groups in total. The van der Waals surface area contributed by atoms with Crippen LogP contribution in [0.5, 0.6) is 0 Å². The predicted octanol–water partition coefficient (Wildman–Crippen LogP) is -3.68. The highest BCUT2D eigenvalue weighted by Crippen LogP contribution is 2.29. The third-order valence-electron chi connectivity index (χ3n) is 7.06. The van der Waals surface area contributed by atoms with E-state index < -0.39 is 67.8 Å². The Morgan fingerprint density at radius 3 is 2.15 bits per heavy atom. The Balaban J connectivity index is 1.88. The molecule has 17 nitrogen and oxygen atoms in total. The van der Waals surface area contributed by atoms with Gasteiger partial charge in [-0.1, -0.05) is 0 Å². The lowest BCUT2D eigenvalue weighted by Crippen LogP contribution is -2.65. The van der Waals surface area contributed by atoms with Gasteiger partial charge in [0.2, 0.25) is 0 Å². The van der Waals surface area contributed by atoms with Crippen LogP contribution in [0.15, 0.2) is 5.28 Å². The summed E-state index contributed by atoms with van der Waals surface area (Å²) in [6.07, 6.45) is -9.87. The molecule has 2 fully saturated rings. The first-order chi connectivity index (χ1) is 19.2. The Labute approximate surface area is 234 Å². The van der Waals surface area contributed by atoms with Gasteiger partial charge < -0.3 is 71.3 Å². The fraction of sp³-hybridized carbons (Fsp3) is 1.00. The SMILES string of the molecule is CO[C@H]1[C@H](O)[C@@H](O)[C@@H](OC2[C@@H](CO)O[C@H](C)[C@H](O)[C@H]2O)O[C@@H]1CNCCCN(CCCNCCCN)/[N+]([O-])=N/[O-]. The van der Waals surface area contributed by atoms with E-state index in [9.17, 15) is 35.9 Å². The van der Waals surface area contributed by atoms with E-state index in [-0.39, 0.29) is 18.1 Å². The number of nitrogens with zero attached hydrogens (tertiary/aromatic N) is 3. The molecule has 2 heterocycles. The molecule has 236 valence electrons. The third-order valence-corrected chi connectivity index (χ3v) is 7.06.